The first kappa shape index (κ1) is 9.83. The van der Waals surface area contributed by atoms with Crippen LogP contribution < -0.4 is 16.8 Å². The van der Waals surface area contributed by atoms with Crippen molar-refractivity contribution < 1.29 is 4.79 Å². The minimum absolute atomic E-state index is 0.424. The number of nitrogens with two attached hydrogens (primary N) is 2. The molecule has 0 unspecified atom stereocenters. The Morgan fingerprint density at radius 2 is 2.13 bits per heavy atom. The molecule has 0 spiro atoms. The van der Waals surface area contributed by atoms with Crippen molar-refractivity contribution in [2.45, 2.75) is 25.3 Å². The van der Waals surface area contributed by atoms with Gasteiger partial charge in [0.05, 0.1) is 11.4 Å². The molecule has 0 atom stereocenters. The Bertz CT molecular complexity index is 385. The average molecular weight is 205 g/mol. The molecular formula is C11H15N3O. The van der Waals surface area contributed by atoms with Crippen LogP contribution in [-0.4, -0.2) is 11.9 Å². The minimum atomic E-state index is -0.424. The van der Waals surface area contributed by atoms with E-state index >= 15 is 0 Å². The van der Waals surface area contributed by atoms with Gasteiger partial charge in [0.15, 0.2) is 0 Å². The van der Waals surface area contributed by atoms with Crippen molar-refractivity contribution in [3.8, 4) is 0 Å². The van der Waals surface area contributed by atoms with Crippen molar-refractivity contribution >= 4 is 17.3 Å². The zero-order chi connectivity index (χ0) is 10.8. The molecule has 1 aromatic rings. The number of nitrogens with one attached hydrogen (secondary N) is 1. The fraction of sp³-hybridized carbons (Fsp3) is 0.364. The lowest BCUT2D eigenvalue weighted by atomic mass is 9.93. The van der Waals surface area contributed by atoms with Crippen molar-refractivity contribution in [2.75, 3.05) is 11.1 Å². The van der Waals surface area contributed by atoms with E-state index < -0.39 is 5.91 Å². The fourth-order valence-electron chi connectivity index (χ4n) is 1.61. The second-order valence-corrected chi connectivity index (χ2v) is 3.94. The molecule has 1 amide bonds. The molecule has 1 saturated carbocycles. The summed E-state index contributed by atoms with van der Waals surface area (Å²) in [6, 6.07) is 5.57. The molecule has 80 valence electrons. The smallest absolute Gasteiger partial charge is 0.248 e. The number of primary amides is 1. The summed E-state index contributed by atoms with van der Waals surface area (Å²) in [5, 5.41) is 3.31. The number of hydrogen-bond acceptors (Lipinski definition) is 3. The van der Waals surface area contributed by atoms with Crippen LogP contribution in [0.3, 0.4) is 0 Å². The van der Waals surface area contributed by atoms with Crippen LogP contribution in [0.4, 0.5) is 11.4 Å². The van der Waals surface area contributed by atoms with E-state index in [1.54, 1.807) is 18.2 Å². The highest BCUT2D eigenvalue weighted by Gasteiger charge is 2.18. The van der Waals surface area contributed by atoms with Gasteiger partial charge in [-0.3, -0.25) is 4.79 Å². The maximum absolute atomic E-state index is 11.0. The first-order valence-electron chi connectivity index (χ1n) is 5.12. The van der Waals surface area contributed by atoms with Crippen LogP contribution in [0.25, 0.3) is 0 Å². The Kier molecular flexibility index (Phi) is 2.49. The second kappa shape index (κ2) is 3.81. The van der Waals surface area contributed by atoms with Crippen LogP contribution >= 0.6 is 0 Å². The fourth-order valence-corrected chi connectivity index (χ4v) is 1.61. The van der Waals surface area contributed by atoms with Crippen molar-refractivity contribution in [3.05, 3.63) is 23.8 Å². The predicted molar refractivity (Wildman–Crippen MR) is 60.6 cm³/mol. The van der Waals surface area contributed by atoms with E-state index in [0.29, 0.717) is 17.3 Å². The van der Waals surface area contributed by atoms with E-state index in [1.807, 2.05) is 0 Å². The number of carbonyl (C=O) groups is 1. The summed E-state index contributed by atoms with van der Waals surface area (Å²) in [5.74, 6) is -0.424. The van der Waals surface area contributed by atoms with E-state index in [0.717, 1.165) is 5.69 Å². The first-order valence-corrected chi connectivity index (χ1v) is 5.12. The monoisotopic (exact) mass is 205 g/mol. The van der Waals surface area contributed by atoms with Gasteiger partial charge in [0.1, 0.15) is 0 Å². The summed E-state index contributed by atoms with van der Waals surface area (Å²) in [6.07, 6.45) is 3.59. The summed E-state index contributed by atoms with van der Waals surface area (Å²) in [4.78, 5) is 11.0. The molecule has 1 aliphatic carbocycles. The number of rotatable bonds is 3. The Morgan fingerprint density at radius 1 is 1.40 bits per heavy atom. The van der Waals surface area contributed by atoms with Crippen molar-refractivity contribution in [1.82, 2.24) is 0 Å². The molecule has 1 fully saturated rings. The van der Waals surface area contributed by atoms with E-state index in [2.05, 4.69) is 5.32 Å². The zero-order valence-electron chi connectivity index (χ0n) is 8.49. The van der Waals surface area contributed by atoms with Crippen LogP contribution in [0.5, 0.6) is 0 Å². The number of anilines is 2. The third kappa shape index (κ3) is 2.03. The van der Waals surface area contributed by atoms with Crippen LogP contribution in [0.2, 0.25) is 0 Å². The maximum atomic E-state index is 11.0. The summed E-state index contributed by atoms with van der Waals surface area (Å²) in [7, 11) is 0. The molecule has 0 saturated heterocycles. The van der Waals surface area contributed by atoms with Gasteiger partial charge in [-0.1, -0.05) is 0 Å². The third-order valence-electron chi connectivity index (χ3n) is 2.80. The molecule has 0 bridgehead atoms. The number of hydrogen-bond donors (Lipinski definition) is 3. The van der Waals surface area contributed by atoms with Crippen molar-refractivity contribution in [1.29, 1.82) is 0 Å². The topological polar surface area (TPSA) is 81.1 Å². The van der Waals surface area contributed by atoms with Gasteiger partial charge < -0.3 is 16.8 Å². The summed E-state index contributed by atoms with van der Waals surface area (Å²) in [5.41, 5.74) is 13.0. The molecule has 4 heteroatoms. The highest BCUT2D eigenvalue weighted by atomic mass is 16.1. The van der Waals surface area contributed by atoms with E-state index in [9.17, 15) is 4.79 Å². The molecule has 0 radical (unpaired) electrons. The minimum Gasteiger partial charge on any atom is -0.397 e. The lowest BCUT2D eigenvalue weighted by Crippen LogP contribution is -2.27. The molecule has 15 heavy (non-hydrogen) atoms. The lowest BCUT2D eigenvalue weighted by Gasteiger charge is -2.28. The largest absolute Gasteiger partial charge is 0.397 e. The quantitative estimate of drug-likeness (QED) is 0.651. The molecular weight excluding hydrogens is 190 g/mol. The molecule has 5 N–H and O–H groups in total. The normalized spacial score (nSPS) is 15.7. The van der Waals surface area contributed by atoms with Crippen molar-refractivity contribution in [2.24, 2.45) is 5.73 Å². The zero-order valence-corrected chi connectivity index (χ0v) is 8.49. The van der Waals surface area contributed by atoms with Crippen LogP contribution in [0.15, 0.2) is 18.2 Å². The number of amides is 1. The summed E-state index contributed by atoms with van der Waals surface area (Å²) < 4.78 is 0. The van der Waals surface area contributed by atoms with Gasteiger partial charge in [0.25, 0.3) is 0 Å². The Labute approximate surface area is 88.6 Å². The third-order valence-corrected chi connectivity index (χ3v) is 2.80. The van der Waals surface area contributed by atoms with E-state index in [1.165, 1.54) is 19.3 Å². The van der Waals surface area contributed by atoms with E-state index in [-0.39, 0.29) is 0 Å². The Morgan fingerprint density at radius 3 is 2.67 bits per heavy atom. The molecule has 0 aliphatic heterocycles. The number of carbonyl (C=O) groups excluding carboxylic acids is 1. The van der Waals surface area contributed by atoms with Gasteiger partial charge in [-0.05, 0) is 37.5 Å². The number of benzene rings is 1. The molecule has 0 aromatic heterocycles. The van der Waals surface area contributed by atoms with Gasteiger partial charge in [-0.15, -0.1) is 0 Å². The molecule has 1 aliphatic rings. The number of nitrogen functional groups attached to an aromatic ring is 1. The molecule has 1 aromatic carbocycles. The average Bonchev–Trinajstić information content (AvgIpc) is 2.13. The van der Waals surface area contributed by atoms with Gasteiger partial charge in [-0.2, -0.15) is 0 Å². The predicted octanol–water partition coefficient (Wildman–Crippen LogP) is 1.33. The molecule has 0 heterocycles. The molecule has 2 rings (SSSR count). The SMILES string of the molecule is NC(=O)c1ccc(N)c(NC2CCC2)c1. The summed E-state index contributed by atoms with van der Waals surface area (Å²) >= 11 is 0. The van der Waals surface area contributed by atoms with Crippen LogP contribution in [0, 0.1) is 0 Å². The van der Waals surface area contributed by atoms with Gasteiger partial charge in [0, 0.05) is 11.6 Å². The molecule has 4 nitrogen and oxygen atoms in total. The Balaban J connectivity index is 2.19. The van der Waals surface area contributed by atoms with Crippen molar-refractivity contribution in [3.63, 3.8) is 0 Å². The standard InChI is InChI=1S/C11H15N3O/c12-9-5-4-7(11(13)15)6-10(9)14-8-2-1-3-8/h4-6,8,14H,1-3,12H2,(H2,13,15). The van der Waals surface area contributed by atoms with Gasteiger partial charge in [0.2, 0.25) is 5.91 Å². The lowest BCUT2D eigenvalue weighted by molar-refractivity contribution is 0.100. The van der Waals surface area contributed by atoms with Gasteiger partial charge >= 0.3 is 0 Å². The van der Waals surface area contributed by atoms with Crippen LogP contribution in [0.1, 0.15) is 29.6 Å². The maximum Gasteiger partial charge on any atom is 0.248 e. The van der Waals surface area contributed by atoms with E-state index in [4.69, 9.17) is 11.5 Å². The van der Waals surface area contributed by atoms with Crippen LogP contribution in [-0.2, 0) is 0 Å². The second-order valence-electron chi connectivity index (χ2n) is 3.94. The Hall–Kier alpha value is -1.71. The summed E-state index contributed by atoms with van der Waals surface area (Å²) in [6.45, 7) is 0. The van der Waals surface area contributed by atoms with Gasteiger partial charge in [-0.25, -0.2) is 0 Å². The first-order chi connectivity index (χ1) is 7.16. The highest BCUT2D eigenvalue weighted by molar-refractivity contribution is 5.94. The highest BCUT2D eigenvalue weighted by Crippen LogP contribution is 2.27.